The number of amides is 1. The lowest BCUT2D eigenvalue weighted by Gasteiger charge is -2.21. The van der Waals surface area contributed by atoms with Crippen LogP contribution < -0.4 is 5.32 Å². The minimum absolute atomic E-state index is 0.161. The van der Waals surface area contributed by atoms with E-state index >= 15 is 0 Å². The Morgan fingerprint density at radius 3 is 3.00 bits per heavy atom. The second-order valence-electron chi connectivity index (χ2n) is 4.33. The van der Waals surface area contributed by atoms with Crippen molar-refractivity contribution in [3.05, 3.63) is 29.8 Å². The summed E-state index contributed by atoms with van der Waals surface area (Å²) in [5.41, 5.74) is 1.74. The number of rotatable bonds is 3. The van der Waals surface area contributed by atoms with Gasteiger partial charge in [-0.15, -0.1) is 0 Å². The Bertz CT molecular complexity index is 401. The van der Waals surface area contributed by atoms with Gasteiger partial charge in [0.25, 0.3) is 5.91 Å². The fraction of sp³-hybridized carbons (Fsp3) is 0.500. The van der Waals surface area contributed by atoms with E-state index in [-0.39, 0.29) is 5.91 Å². The van der Waals surface area contributed by atoms with Crippen molar-refractivity contribution < 1.29 is 4.79 Å². The third kappa shape index (κ3) is 3.19. The van der Waals surface area contributed by atoms with Gasteiger partial charge in [0.1, 0.15) is 0 Å². The van der Waals surface area contributed by atoms with E-state index in [1.807, 2.05) is 47.9 Å². The lowest BCUT2D eigenvalue weighted by atomic mass is 10.1. The molecule has 1 N–H and O–H groups in total. The molecule has 3 nitrogen and oxygen atoms in total. The summed E-state index contributed by atoms with van der Waals surface area (Å²) in [5.74, 6) is 2.38. The van der Waals surface area contributed by atoms with Crippen LogP contribution in [0.3, 0.4) is 0 Å². The number of hydrogen-bond acceptors (Lipinski definition) is 3. The Balaban J connectivity index is 2.16. The maximum absolute atomic E-state index is 12.5. The summed E-state index contributed by atoms with van der Waals surface area (Å²) in [7, 11) is 0. The van der Waals surface area contributed by atoms with Crippen LogP contribution in [0.25, 0.3) is 0 Å². The largest absolute Gasteiger partial charge is 0.385 e. The molecule has 98 valence electrons. The van der Waals surface area contributed by atoms with Crippen molar-refractivity contribution >= 4 is 23.4 Å². The molecule has 0 radical (unpaired) electrons. The molecule has 1 aliphatic heterocycles. The van der Waals surface area contributed by atoms with Crippen molar-refractivity contribution in [3.8, 4) is 0 Å². The van der Waals surface area contributed by atoms with Crippen LogP contribution in [0.15, 0.2) is 24.3 Å². The van der Waals surface area contributed by atoms with Gasteiger partial charge < -0.3 is 10.2 Å². The third-order valence-electron chi connectivity index (χ3n) is 3.03. The third-order valence-corrected chi connectivity index (χ3v) is 4.08. The van der Waals surface area contributed by atoms with Crippen LogP contribution >= 0.6 is 11.8 Å². The topological polar surface area (TPSA) is 32.3 Å². The average Bonchev–Trinajstić information content (AvgIpc) is 2.68. The lowest BCUT2D eigenvalue weighted by Crippen LogP contribution is -2.33. The fourth-order valence-electron chi connectivity index (χ4n) is 2.13. The minimum atomic E-state index is 0.161. The maximum atomic E-state index is 12.5. The van der Waals surface area contributed by atoms with Gasteiger partial charge in [0.05, 0.1) is 5.56 Å². The molecule has 1 aromatic rings. The number of nitrogens with one attached hydrogen (secondary N) is 1. The minimum Gasteiger partial charge on any atom is -0.385 e. The molecular weight excluding hydrogens is 244 g/mol. The summed E-state index contributed by atoms with van der Waals surface area (Å²) in [6.07, 6.45) is 1.10. The first-order valence-corrected chi connectivity index (χ1v) is 7.68. The highest BCUT2D eigenvalue weighted by Gasteiger charge is 2.19. The van der Waals surface area contributed by atoms with E-state index in [0.29, 0.717) is 0 Å². The summed E-state index contributed by atoms with van der Waals surface area (Å²) < 4.78 is 0. The van der Waals surface area contributed by atoms with Crippen LogP contribution in [0, 0.1) is 0 Å². The number of nitrogens with zero attached hydrogens (tertiary/aromatic N) is 1. The van der Waals surface area contributed by atoms with Crippen molar-refractivity contribution in [2.24, 2.45) is 0 Å². The zero-order chi connectivity index (χ0) is 12.8. The Morgan fingerprint density at radius 1 is 1.33 bits per heavy atom. The number of carbonyl (C=O) groups excluding carboxylic acids is 1. The second-order valence-corrected chi connectivity index (χ2v) is 5.56. The number of hydrogen-bond donors (Lipinski definition) is 1. The smallest absolute Gasteiger partial charge is 0.255 e. The van der Waals surface area contributed by atoms with Gasteiger partial charge in [-0.1, -0.05) is 12.1 Å². The van der Waals surface area contributed by atoms with Gasteiger partial charge in [-0.05, 0) is 31.2 Å². The van der Waals surface area contributed by atoms with Crippen LogP contribution in [0.4, 0.5) is 5.69 Å². The maximum Gasteiger partial charge on any atom is 0.255 e. The van der Waals surface area contributed by atoms with Crippen molar-refractivity contribution in [1.82, 2.24) is 4.90 Å². The average molecular weight is 264 g/mol. The summed E-state index contributed by atoms with van der Waals surface area (Å²) in [6.45, 7) is 4.63. The molecule has 1 fully saturated rings. The summed E-state index contributed by atoms with van der Waals surface area (Å²) in [6, 6.07) is 7.79. The Hall–Kier alpha value is -1.16. The van der Waals surface area contributed by atoms with Gasteiger partial charge in [-0.25, -0.2) is 0 Å². The van der Waals surface area contributed by atoms with E-state index in [2.05, 4.69) is 5.32 Å². The highest BCUT2D eigenvalue weighted by molar-refractivity contribution is 7.99. The molecule has 4 heteroatoms. The molecule has 1 saturated heterocycles. The predicted molar refractivity (Wildman–Crippen MR) is 78.5 cm³/mol. The first-order chi connectivity index (χ1) is 8.83. The molecule has 0 saturated carbocycles. The molecule has 1 aromatic carbocycles. The van der Waals surface area contributed by atoms with Gasteiger partial charge in [0.2, 0.25) is 0 Å². The van der Waals surface area contributed by atoms with Crippen LogP contribution in [0.1, 0.15) is 23.7 Å². The SMILES string of the molecule is CCNc1ccccc1C(=O)N1CCCSCC1. The quantitative estimate of drug-likeness (QED) is 0.911. The van der Waals surface area contributed by atoms with Crippen molar-refractivity contribution in [2.45, 2.75) is 13.3 Å². The van der Waals surface area contributed by atoms with Gasteiger partial charge in [-0.3, -0.25) is 4.79 Å². The van der Waals surface area contributed by atoms with Crippen LogP contribution in [0.5, 0.6) is 0 Å². The van der Waals surface area contributed by atoms with Crippen molar-refractivity contribution in [3.63, 3.8) is 0 Å². The molecule has 0 atom stereocenters. The summed E-state index contributed by atoms with van der Waals surface area (Å²) in [4.78, 5) is 14.5. The highest BCUT2D eigenvalue weighted by atomic mass is 32.2. The second kappa shape index (κ2) is 6.69. The summed E-state index contributed by atoms with van der Waals surface area (Å²) >= 11 is 1.94. The van der Waals surface area contributed by atoms with Crippen molar-refractivity contribution in [1.29, 1.82) is 0 Å². The monoisotopic (exact) mass is 264 g/mol. The molecule has 18 heavy (non-hydrogen) atoms. The molecule has 1 amide bonds. The van der Waals surface area contributed by atoms with Gasteiger partial charge in [0.15, 0.2) is 0 Å². The Morgan fingerprint density at radius 2 is 2.17 bits per heavy atom. The number of benzene rings is 1. The van der Waals surface area contributed by atoms with Crippen molar-refractivity contribution in [2.75, 3.05) is 36.5 Å². The van der Waals surface area contributed by atoms with E-state index in [0.717, 1.165) is 43.1 Å². The summed E-state index contributed by atoms with van der Waals surface area (Å²) in [5, 5.41) is 3.26. The number of carbonyl (C=O) groups is 1. The molecule has 1 heterocycles. The zero-order valence-electron chi connectivity index (χ0n) is 10.8. The van der Waals surface area contributed by atoms with Crippen LogP contribution in [0.2, 0.25) is 0 Å². The Kier molecular flexibility index (Phi) is 4.93. The van der Waals surface area contributed by atoms with Gasteiger partial charge in [-0.2, -0.15) is 11.8 Å². The molecule has 0 spiro atoms. The van der Waals surface area contributed by atoms with Gasteiger partial charge >= 0.3 is 0 Å². The first kappa shape index (κ1) is 13.3. The molecule has 0 aromatic heterocycles. The first-order valence-electron chi connectivity index (χ1n) is 6.53. The van der Waals surface area contributed by atoms with E-state index < -0.39 is 0 Å². The van der Waals surface area contributed by atoms with E-state index in [9.17, 15) is 4.79 Å². The molecule has 1 aliphatic rings. The predicted octanol–water partition coefficient (Wildman–Crippen LogP) is 2.70. The number of anilines is 1. The molecule has 0 unspecified atom stereocenters. The standard InChI is InChI=1S/C14H20N2OS/c1-2-15-13-7-4-3-6-12(13)14(17)16-8-5-10-18-11-9-16/h3-4,6-7,15H,2,5,8-11H2,1H3. The Labute approximate surface area is 113 Å². The fourth-order valence-corrected chi connectivity index (χ4v) is 3.02. The van der Waals surface area contributed by atoms with E-state index in [4.69, 9.17) is 0 Å². The van der Waals surface area contributed by atoms with Gasteiger partial charge in [0, 0.05) is 31.1 Å². The van der Waals surface area contributed by atoms with Crippen LogP contribution in [-0.2, 0) is 0 Å². The normalized spacial score (nSPS) is 16.2. The molecule has 0 aliphatic carbocycles. The number of thioether (sulfide) groups is 1. The lowest BCUT2D eigenvalue weighted by molar-refractivity contribution is 0.0769. The molecule has 0 bridgehead atoms. The van der Waals surface area contributed by atoms with E-state index in [1.54, 1.807) is 0 Å². The number of para-hydroxylation sites is 1. The zero-order valence-corrected chi connectivity index (χ0v) is 11.6. The van der Waals surface area contributed by atoms with E-state index in [1.165, 1.54) is 5.75 Å². The highest BCUT2D eigenvalue weighted by Crippen LogP contribution is 2.19. The molecular formula is C14H20N2OS. The van der Waals surface area contributed by atoms with Crippen LogP contribution in [-0.4, -0.2) is 41.9 Å². The molecule has 2 rings (SSSR count).